The summed E-state index contributed by atoms with van der Waals surface area (Å²) in [5.41, 5.74) is 0.729. The molecule has 1 atom stereocenters. The Morgan fingerprint density at radius 2 is 2.08 bits per heavy atom. The van der Waals surface area contributed by atoms with E-state index >= 15 is 0 Å². The molecule has 0 aliphatic heterocycles. The number of hydrogen-bond donors (Lipinski definition) is 1. The molecule has 25 heavy (non-hydrogen) atoms. The number of ether oxygens (including phenoxy) is 1. The van der Waals surface area contributed by atoms with Crippen molar-refractivity contribution >= 4 is 17.6 Å². The van der Waals surface area contributed by atoms with Crippen LogP contribution >= 0.6 is 0 Å². The Morgan fingerprint density at radius 1 is 1.40 bits per heavy atom. The third kappa shape index (κ3) is 6.15. The standard InChI is InChI=1S/C17H24N2O6/c1-4-25-9-5-8-18(11-13(3)17(21)22)16(20)15-7-6-14(19(23)24)10-12(15)2/h6-7,10,13H,4-5,8-9,11H2,1-3H3,(H,21,22). The van der Waals surface area contributed by atoms with Gasteiger partial charge in [0.2, 0.25) is 0 Å². The fourth-order valence-electron chi connectivity index (χ4n) is 2.36. The number of non-ortho nitro benzene ring substituents is 1. The molecule has 0 saturated carbocycles. The van der Waals surface area contributed by atoms with E-state index in [1.165, 1.54) is 30.0 Å². The normalized spacial score (nSPS) is 11.8. The van der Waals surface area contributed by atoms with Gasteiger partial charge in [0.05, 0.1) is 10.8 Å². The molecule has 1 N–H and O–H groups in total. The molecule has 1 rings (SSSR count). The minimum absolute atomic E-state index is 0.0662. The Bertz CT molecular complexity index is 632. The van der Waals surface area contributed by atoms with Gasteiger partial charge in [-0.25, -0.2) is 0 Å². The first-order valence-electron chi connectivity index (χ1n) is 8.12. The van der Waals surface area contributed by atoms with E-state index < -0.39 is 16.8 Å². The smallest absolute Gasteiger partial charge is 0.308 e. The quantitative estimate of drug-likeness (QED) is 0.393. The van der Waals surface area contributed by atoms with Gasteiger partial charge in [-0.3, -0.25) is 19.7 Å². The average molecular weight is 352 g/mol. The zero-order chi connectivity index (χ0) is 19.0. The van der Waals surface area contributed by atoms with E-state index in [-0.39, 0.29) is 18.1 Å². The summed E-state index contributed by atoms with van der Waals surface area (Å²) in [5.74, 6) is -2.03. The van der Waals surface area contributed by atoms with E-state index in [1.54, 1.807) is 6.92 Å². The molecule has 8 heteroatoms. The second-order valence-electron chi connectivity index (χ2n) is 5.80. The first-order valence-corrected chi connectivity index (χ1v) is 8.12. The lowest BCUT2D eigenvalue weighted by molar-refractivity contribution is -0.384. The number of rotatable bonds is 10. The maximum Gasteiger partial charge on any atom is 0.308 e. The first-order chi connectivity index (χ1) is 11.8. The summed E-state index contributed by atoms with van der Waals surface area (Å²) in [7, 11) is 0. The molecule has 1 unspecified atom stereocenters. The molecular weight excluding hydrogens is 328 g/mol. The summed E-state index contributed by atoms with van der Waals surface area (Å²) < 4.78 is 5.26. The monoisotopic (exact) mass is 352 g/mol. The zero-order valence-corrected chi connectivity index (χ0v) is 14.7. The molecule has 0 heterocycles. The molecule has 0 fully saturated rings. The molecule has 0 aromatic heterocycles. The molecule has 0 radical (unpaired) electrons. The number of carbonyl (C=O) groups excluding carboxylic acids is 1. The number of hydrogen-bond acceptors (Lipinski definition) is 5. The summed E-state index contributed by atoms with van der Waals surface area (Å²) in [6.45, 7) is 6.49. The SMILES string of the molecule is CCOCCCN(CC(C)C(=O)O)C(=O)c1ccc([N+](=O)[O-])cc1C. The molecule has 0 aliphatic rings. The van der Waals surface area contributed by atoms with E-state index in [2.05, 4.69) is 0 Å². The maximum absolute atomic E-state index is 12.8. The molecule has 0 bridgehead atoms. The minimum Gasteiger partial charge on any atom is -0.481 e. The zero-order valence-electron chi connectivity index (χ0n) is 14.7. The number of aryl methyl sites for hydroxylation is 1. The molecule has 1 aromatic carbocycles. The van der Waals surface area contributed by atoms with E-state index in [0.29, 0.717) is 37.3 Å². The highest BCUT2D eigenvalue weighted by Crippen LogP contribution is 2.19. The second kappa shape index (κ2) is 9.73. The number of nitro groups is 1. The van der Waals surface area contributed by atoms with Gasteiger partial charge >= 0.3 is 5.97 Å². The number of amides is 1. The summed E-state index contributed by atoms with van der Waals surface area (Å²) in [4.78, 5) is 35.7. The van der Waals surface area contributed by atoms with E-state index in [4.69, 9.17) is 9.84 Å². The van der Waals surface area contributed by atoms with Crippen LogP contribution in [0.25, 0.3) is 0 Å². The molecule has 0 aliphatic carbocycles. The largest absolute Gasteiger partial charge is 0.481 e. The third-order valence-corrected chi connectivity index (χ3v) is 3.78. The van der Waals surface area contributed by atoms with Crippen LogP contribution in [0.5, 0.6) is 0 Å². The van der Waals surface area contributed by atoms with Crippen molar-refractivity contribution < 1.29 is 24.4 Å². The molecule has 1 amide bonds. The number of nitro benzene ring substituents is 1. The highest BCUT2D eigenvalue weighted by molar-refractivity contribution is 5.96. The topological polar surface area (TPSA) is 110 Å². The van der Waals surface area contributed by atoms with Crippen molar-refractivity contribution in [3.8, 4) is 0 Å². The van der Waals surface area contributed by atoms with Crippen molar-refractivity contribution in [2.45, 2.75) is 27.2 Å². The van der Waals surface area contributed by atoms with Crippen molar-refractivity contribution in [1.29, 1.82) is 0 Å². The highest BCUT2D eigenvalue weighted by Gasteiger charge is 2.23. The van der Waals surface area contributed by atoms with Gasteiger partial charge in [0.25, 0.3) is 11.6 Å². The van der Waals surface area contributed by atoms with Gasteiger partial charge in [-0.05, 0) is 31.9 Å². The average Bonchev–Trinajstić information content (AvgIpc) is 2.56. The molecule has 8 nitrogen and oxygen atoms in total. The van der Waals surface area contributed by atoms with Crippen LogP contribution in [-0.4, -0.2) is 53.1 Å². The lowest BCUT2D eigenvalue weighted by atomic mass is 10.1. The Kier molecular flexibility index (Phi) is 8.00. The lowest BCUT2D eigenvalue weighted by Crippen LogP contribution is -2.38. The van der Waals surface area contributed by atoms with Crippen LogP contribution in [0, 0.1) is 23.0 Å². The van der Waals surface area contributed by atoms with E-state index in [1.807, 2.05) is 6.92 Å². The number of carboxylic acids is 1. The van der Waals surface area contributed by atoms with Gasteiger partial charge in [-0.2, -0.15) is 0 Å². The van der Waals surface area contributed by atoms with Gasteiger partial charge in [-0.1, -0.05) is 6.92 Å². The van der Waals surface area contributed by atoms with E-state index in [0.717, 1.165) is 0 Å². The van der Waals surface area contributed by atoms with Gasteiger partial charge in [0.15, 0.2) is 0 Å². The molecule has 1 aromatic rings. The summed E-state index contributed by atoms with van der Waals surface area (Å²) in [6.07, 6.45) is 0.581. The van der Waals surface area contributed by atoms with Gasteiger partial charge < -0.3 is 14.7 Å². The van der Waals surface area contributed by atoms with Crippen LogP contribution < -0.4 is 0 Å². The van der Waals surface area contributed by atoms with Crippen molar-refractivity contribution in [3.63, 3.8) is 0 Å². The summed E-state index contributed by atoms with van der Waals surface area (Å²) >= 11 is 0. The number of carbonyl (C=O) groups is 2. The Labute approximate surface area is 146 Å². The Morgan fingerprint density at radius 3 is 2.60 bits per heavy atom. The molecular formula is C17H24N2O6. The maximum atomic E-state index is 12.8. The number of carboxylic acid groups (broad SMARTS) is 1. The van der Waals surface area contributed by atoms with Crippen molar-refractivity contribution in [1.82, 2.24) is 4.90 Å². The van der Waals surface area contributed by atoms with Crippen LogP contribution in [-0.2, 0) is 9.53 Å². The Balaban J connectivity index is 2.96. The minimum atomic E-state index is -0.983. The predicted molar refractivity (Wildman–Crippen MR) is 91.6 cm³/mol. The third-order valence-electron chi connectivity index (χ3n) is 3.78. The first kappa shape index (κ1) is 20.6. The number of nitrogens with zero attached hydrogens (tertiary/aromatic N) is 2. The predicted octanol–water partition coefficient (Wildman–Crippen LogP) is 2.49. The van der Waals surface area contributed by atoms with Crippen LogP contribution in [0.3, 0.4) is 0 Å². The molecule has 138 valence electrons. The lowest BCUT2D eigenvalue weighted by Gasteiger charge is -2.25. The molecule has 0 saturated heterocycles. The van der Waals surface area contributed by atoms with Crippen molar-refractivity contribution in [3.05, 3.63) is 39.4 Å². The van der Waals surface area contributed by atoms with E-state index in [9.17, 15) is 19.7 Å². The second-order valence-corrected chi connectivity index (χ2v) is 5.80. The van der Waals surface area contributed by atoms with Crippen molar-refractivity contribution in [2.24, 2.45) is 5.92 Å². The van der Waals surface area contributed by atoms with Gasteiger partial charge in [0, 0.05) is 44.0 Å². The fraction of sp³-hybridized carbons (Fsp3) is 0.529. The van der Waals surface area contributed by atoms with Gasteiger partial charge in [0.1, 0.15) is 0 Å². The summed E-state index contributed by atoms with van der Waals surface area (Å²) in [5, 5.41) is 19.9. The van der Waals surface area contributed by atoms with Gasteiger partial charge in [-0.15, -0.1) is 0 Å². The highest BCUT2D eigenvalue weighted by atomic mass is 16.6. The number of benzene rings is 1. The van der Waals surface area contributed by atoms with Crippen molar-refractivity contribution in [2.75, 3.05) is 26.3 Å². The number of aliphatic carboxylic acids is 1. The van der Waals surface area contributed by atoms with Crippen LogP contribution in [0.2, 0.25) is 0 Å². The molecule has 0 spiro atoms. The van der Waals surface area contributed by atoms with Crippen LogP contribution in [0.15, 0.2) is 18.2 Å². The van der Waals surface area contributed by atoms with Crippen LogP contribution in [0.1, 0.15) is 36.2 Å². The fourth-order valence-corrected chi connectivity index (χ4v) is 2.36. The van der Waals surface area contributed by atoms with Crippen LogP contribution in [0.4, 0.5) is 5.69 Å². The Hall–Kier alpha value is -2.48. The summed E-state index contributed by atoms with van der Waals surface area (Å²) in [6, 6.07) is 4.03.